The lowest BCUT2D eigenvalue weighted by Gasteiger charge is -2.06. The number of hydrazone groups is 1. The van der Waals surface area contributed by atoms with E-state index in [1.165, 1.54) is 6.07 Å². The second kappa shape index (κ2) is 7.26. The molecule has 0 aliphatic carbocycles. The van der Waals surface area contributed by atoms with Gasteiger partial charge in [-0.1, -0.05) is 0 Å². The number of rotatable bonds is 5. The molecular formula is C19H19N3O4. The minimum atomic E-state index is -0.422. The van der Waals surface area contributed by atoms with Crippen LogP contribution >= 0.6 is 0 Å². The van der Waals surface area contributed by atoms with Crippen molar-refractivity contribution < 1.29 is 13.9 Å². The van der Waals surface area contributed by atoms with Gasteiger partial charge in [-0.25, -0.2) is 10.2 Å². The molecule has 2 heterocycles. The number of ether oxygens (including phenoxy) is 1. The normalized spacial score (nSPS) is 11.2. The summed E-state index contributed by atoms with van der Waals surface area (Å²) in [7, 11) is 0. The molecule has 3 aromatic rings. The predicted molar refractivity (Wildman–Crippen MR) is 98.7 cm³/mol. The third-order valence-corrected chi connectivity index (χ3v) is 3.88. The number of carbonyl (C=O) groups is 1. The number of aromatic nitrogens is 1. The van der Waals surface area contributed by atoms with E-state index in [0.717, 1.165) is 27.9 Å². The number of benzene rings is 1. The molecule has 0 unspecified atom stereocenters. The van der Waals surface area contributed by atoms with E-state index in [2.05, 4.69) is 15.5 Å². The monoisotopic (exact) mass is 353 g/mol. The van der Waals surface area contributed by atoms with E-state index in [1.807, 2.05) is 26.8 Å². The standard InChI is InChI=1S/C19H19N3O4/c1-11-6-19(24)26-17-8-15(4-5-16(11)17)25-10-18(23)22-20-9-14-7-12(2)21-13(14)3/h4-9,21H,10H2,1-3H3,(H,22,23)/b20-9+. The third kappa shape index (κ3) is 4.00. The Labute approximate surface area is 149 Å². The van der Waals surface area contributed by atoms with Crippen LogP contribution in [0.2, 0.25) is 0 Å². The SMILES string of the molecule is Cc1cc(/C=N/NC(=O)COc2ccc3c(C)cc(=O)oc3c2)c(C)[nH]1. The van der Waals surface area contributed by atoms with E-state index < -0.39 is 11.5 Å². The van der Waals surface area contributed by atoms with Crippen LogP contribution < -0.4 is 15.8 Å². The van der Waals surface area contributed by atoms with Gasteiger partial charge in [-0.15, -0.1) is 0 Å². The molecule has 0 radical (unpaired) electrons. The lowest BCUT2D eigenvalue weighted by molar-refractivity contribution is -0.123. The molecule has 2 N–H and O–H groups in total. The Balaban J connectivity index is 1.60. The summed E-state index contributed by atoms with van der Waals surface area (Å²) in [6.07, 6.45) is 1.57. The fraction of sp³-hybridized carbons (Fsp3) is 0.211. The largest absolute Gasteiger partial charge is 0.484 e. The van der Waals surface area contributed by atoms with Crippen molar-refractivity contribution in [1.82, 2.24) is 10.4 Å². The highest BCUT2D eigenvalue weighted by Gasteiger charge is 2.06. The molecule has 0 atom stereocenters. The topological polar surface area (TPSA) is 96.7 Å². The van der Waals surface area contributed by atoms with Crippen molar-refractivity contribution in [1.29, 1.82) is 0 Å². The zero-order valence-electron chi connectivity index (χ0n) is 14.8. The van der Waals surface area contributed by atoms with Crippen molar-refractivity contribution >= 4 is 23.1 Å². The number of hydrogen-bond donors (Lipinski definition) is 2. The summed E-state index contributed by atoms with van der Waals surface area (Å²) in [4.78, 5) is 26.4. The first-order valence-corrected chi connectivity index (χ1v) is 8.08. The number of nitrogens with one attached hydrogen (secondary N) is 2. The van der Waals surface area contributed by atoms with Gasteiger partial charge < -0.3 is 14.1 Å². The number of H-pyrrole nitrogens is 1. The van der Waals surface area contributed by atoms with Crippen LogP contribution in [0.4, 0.5) is 0 Å². The van der Waals surface area contributed by atoms with Crippen molar-refractivity contribution in [2.24, 2.45) is 5.10 Å². The summed E-state index contributed by atoms with van der Waals surface area (Å²) in [6.45, 7) is 5.51. The van der Waals surface area contributed by atoms with Crippen LogP contribution in [0.25, 0.3) is 11.0 Å². The second-order valence-corrected chi connectivity index (χ2v) is 6.02. The van der Waals surface area contributed by atoms with Crippen molar-refractivity contribution in [2.45, 2.75) is 20.8 Å². The van der Waals surface area contributed by atoms with Crippen molar-refractivity contribution in [3.8, 4) is 5.75 Å². The molecule has 7 nitrogen and oxygen atoms in total. The number of aromatic amines is 1. The van der Waals surface area contributed by atoms with Gasteiger partial charge in [0.15, 0.2) is 6.61 Å². The van der Waals surface area contributed by atoms with E-state index in [4.69, 9.17) is 9.15 Å². The second-order valence-electron chi connectivity index (χ2n) is 6.02. The first-order chi connectivity index (χ1) is 12.4. The minimum absolute atomic E-state index is 0.204. The van der Waals surface area contributed by atoms with Crippen LogP contribution in [0.5, 0.6) is 5.75 Å². The first-order valence-electron chi connectivity index (χ1n) is 8.08. The number of fused-ring (bicyclic) bond motifs is 1. The highest BCUT2D eigenvalue weighted by atomic mass is 16.5. The fourth-order valence-electron chi connectivity index (χ4n) is 2.63. The quantitative estimate of drug-likeness (QED) is 0.418. The minimum Gasteiger partial charge on any atom is -0.484 e. The van der Waals surface area contributed by atoms with Crippen molar-refractivity contribution in [3.63, 3.8) is 0 Å². The smallest absolute Gasteiger partial charge is 0.336 e. The third-order valence-electron chi connectivity index (χ3n) is 3.88. The van der Waals surface area contributed by atoms with Gasteiger partial charge in [-0.3, -0.25) is 4.79 Å². The van der Waals surface area contributed by atoms with Crippen LogP contribution in [0, 0.1) is 20.8 Å². The van der Waals surface area contributed by atoms with Gasteiger partial charge in [0, 0.05) is 34.5 Å². The number of nitrogens with zero attached hydrogens (tertiary/aromatic N) is 1. The zero-order chi connectivity index (χ0) is 18.7. The Bertz CT molecular complexity index is 1050. The lowest BCUT2D eigenvalue weighted by Crippen LogP contribution is -2.24. The van der Waals surface area contributed by atoms with Crippen LogP contribution in [-0.2, 0) is 4.79 Å². The van der Waals surface area contributed by atoms with Gasteiger partial charge >= 0.3 is 5.63 Å². The molecule has 0 spiro atoms. The molecule has 0 saturated heterocycles. The van der Waals surface area contributed by atoms with Gasteiger partial charge in [0.25, 0.3) is 5.91 Å². The number of carbonyl (C=O) groups excluding carboxylic acids is 1. The molecule has 0 aliphatic heterocycles. The molecule has 3 rings (SSSR count). The molecule has 1 amide bonds. The van der Waals surface area contributed by atoms with Gasteiger partial charge in [-0.05, 0) is 44.5 Å². The summed E-state index contributed by atoms with van der Waals surface area (Å²) in [5.41, 5.74) is 6.14. The molecule has 7 heteroatoms. The molecule has 0 aliphatic rings. The average molecular weight is 353 g/mol. The molecule has 0 bridgehead atoms. The predicted octanol–water partition coefficient (Wildman–Crippen LogP) is 2.58. The van der Waals surface area contributed by atoms with E-state index in [0.29, 0.717) is 11.3 Å². The summed E-state index contributed by atoms with van der Waals surface area (Å²) in [5, 5.41) is 4.74. The van der Waals surface area contributed by atoms with Crippen LogP contribution in [-0.4, -0.2) is 23.7 Å². The summed E-state index contributed by atoms with van der Waals surface area (Å²) < 4.78 is 10.6. The summed E-state index contributed by atoms with van der Waals surface area (Å²) in [6, 6.07) is 8.47. The Hall–Kier alpha value is -3.35. The van der Waals surface area contributed by atoms with Crippen LogP contribution in [0.3, 0.4) is 0 Å². The maximum Gasteiger partial charge on any atom is 0.336 e. The van der Waals surface area contributed by atoms with E-state index in [-0.39, 0.29) is 6.61 Å². The molecule has 134 valence electrons. The van der Waals surface area contributed by atoms with E-state index in [1.54, 1.807) is 24.4 Å². The molecule has 0 fully saturated rings. The van der Waals surface area contributed by atoms with Crippen molar-refractivity contribution in [3.05, 3.63) is 63.3 Å². The average Bonchev–Trinajstić information content (AvgIpc) is 2.90. The van der Waals surface area contributed by atoms with Gasteiger partial charge in [0.05, 0.1) is 6.21 Å². The zero-order valence-corrected chi connectivity index (χ0v) is 14.8. The fourth-order valence-corrected chi connectivity index (χ4v) is 2.63. The van der Waals surface area contributed by atoms with Gasteiger partial charge in [0.1, 0.15) is 11.3 Å². The van der Waals surface area contributed by atoms with Crippen LogP contribution in [0.1, 0.15) is 22.5 Å². The number of amides is 1. The van der Waals surface area contributed by atoms with E-state index in [9.17, 15) is 9.59 Å². The molecular weight excluding hydrogens is 334 g/mol. The van der Waals surface area contributed by atoms with Gasteiger partial charge in [0.2, 0.25) is 0 Å². The Morgan fingerprint density at radius 1 is 1.27 bits per heavy atom. The number of aryl methyl sites for hydroxylation is 3. The number of hydrogen-bond acceptors (Lipinski definition) is 5. The Kier molecular flexibility index (Phi) is 4.88. The molecule has 2 aromatic heterocycles. The molecule has 0 saturated carbocycles. The summed E-state index contributed by atoms with van der Waals surface area (Å²) in [5.74, 6) is 0.0411. The van der Waals surface area contributed by atoms with Crippen molar-refractivity contribution in [2.75, 3.05) is 6.61 Å². The highest BCUT2D eigenvalue weighted by Crippen LogP contribution is 2.22. The molecule has 1 aromatic carbocycles. The Morgan fingerprint density at radius 2 is 2.08 bits per heavy atom. The lowest BCUT2D eigenvalue weighted by atomic mass is 10.1. The maximum absolute atomic E-state index is 11.8. The highest BCUT2D eigenvalue weighted by molar-refractivity contribution is 5.84. The maximum atomic E-state index is 11.8. The van der Waals surface area contributed by atoms with Crippen LogP contribution in [0.15, 0.2) is 44.6 Å². The first kappa shape index (κ1) is 17.5. The molecule has 26 heavy (non-hydrogen) atoms. The van der Waals surface area contributed by atoms with E-state index >= 15 is 0 Å². The van der Waals surface area contributed by atoms with Gasteiger partial charge in [-0.2, -0.15) is 5.10 Å². The Morgan fingerprint density at radius 3 is 2.81 bits per heavy atom. The summed E-state index contributed by atoms with van der Waals surface area (Å²) >= 11 is 0.